The molecule has 3 N–H and O–H groups in total. The van der Waals surface area contributed by atoms with Gasteiger partial charge in [0, 0.05) is 13.1 Å². The molecule has 0 amide bonds. The number of rotatable bonds is 9. The lowest BCUT2D eigenvalue weighted by Gasteiger charge is -2.17. The SMILES string of the molecule is CCc1ccc(OCC(O)CNCC(O)C(C)C)cc1. The van der Waals surface area contributed by atoms with Crippen LogP contribution >= 0.6 is 0 Å². The summed E-state index contributed by atoms with van der Waals surface area (Å²) in [6.07, 6.45) is 0.0373. The Balaban J connectivity index is 2.20. The van der Waals surface area contributed by atoms with Crippen molar-refractivity contribution in [2.45, 2.75) is 39.4 Å². The van der Waals surface area contributed by atoms with Gasteiger partial charge in [-0.3, -0.25) is 0 Å². The molecule has 1 rings (SSSR count). The molecule has 1 aromatic carbocycles. The first-order valence-electron chi connectivity index (χ1n) is 7.31. The quantitative estimate of drug-likeness (QED) is 0.643. The van der Waals surface area contributed by atoms with E-state index in [4.69, 9.17) is 4.74 Å². The van der Waals surface area contributed by atoms with Gasteiger partial charge in [0.25, 0.3) is 0 Å². The van der Waals surface area contributed by atoms with Crippen LogP contribution in [0.1, 0.15) is 26.3 Å². The predicted molar refractivity (Wildman–Crippen MR) is 81.0 cm³/mol. The molecule has 0 aliphatic rings. The lowest BCUT2D eigenvalue weighted by atomic mass is 10.1. The summed E-state index contributed by atoms with van der Waals surface area (Å²) in [5.74, 6) is 0.983. The maximum absolute atomic E-state index is 9.79. The van der Waals surface area contributed by atoms with Gasteiger partial charge in [0.15, 0.2) is 0 Å². The van der Waals surface area contributed by atoms with Gasteiger partial charge in [-0.2, -0.15) is 0 Å². The minimum Gasteiger partial charge on any atom is -0.491 e. The zero-order valence-corrected chi connectivity index (χ0v) is 12.7. The number of benzene rings is 1. The Bertz CT molecular complexity index is 364. The summed E-state index contributed by atoms with van der Waals surface area (Å²) >= 11 is 0. The molecule has 4 nitrogen and oxygen atoms in total. The van der Waals surface area contributed by atoms with E-state index in [2.05, 4.69) is 12.2 Å². The first-order valence-corrected chi connectivity index (χ1v) is 7.31. The number of aliphatic hydroxyl groups excluding tert-OH is 2. The van der Waals surface area contributed by atoms with Crippen molar-refractivity contribution in [2.24, 2.45) is 5.92 Å². The van der Waals surface area contributed by atoms with Crippen LogP contribution in [0.15, 0.2) is 24.3 Å². The molecule has 0 spiro atoms. The first-order chi connectivity index (χ1) is 9.52. The molecule has 2 atom stereocenters. The lowest BCUT2D eigenvalue weighted by molar-refractivity contribution is 0.0908. The van der Waals surface area contributed by atoms with Crippen molar-refractivity contribution in [3.05, 3.63) is 29.8 Å². The second-order valence-electron chi connectivity index (χ2n) is 5.43. The van der Waals surface area contributed by atoms with Gasteiger partial charge in [-0.1, -0.05) is 32.9 Å². The van der Waals surface area contributed by atoms with Crippen LogP contribution in [-0.4, -0.2) is 42.1 Å². The molecule has 0 bridgehead atoms. The van der Waals surface area contributed by atoms with Crippen LogP contribution in [0.25, 0.3) is 0 Å². The Hall–Kier alpha value is -1.10. The standard InChI is InChI=1S/C16H27NO3/c1-4-13-5-7-15(8-6-13)20-11-14(18)9-17-10-16(19)12(2)3/h5-8,12,14,16-19H,4,9-11H2,1-3H3. The Morgan fingerprint density at radius 2 is 1.75 bits per heavy atom. The van der Waals surface area contributed by atoms with E-state index >= 15 is 0 Å². The highest BCUT2D eigenvalue weighted by Gasteiger charge is 2.10. The molecule has 20 heavy (non-hydrogen) atoms. The average Bonchev–Trinajstić information content (AvgIpc) is 2.45. The molecule has 0 aromatic heterocycles. The van der Waals surface area contributed by atoms with Gasteiger partial charge >= 0.3 is 0 Å². The van der Waals surface area contributed by atoms with Crippen LogP contribution in [0.2, 0.25) is 0 Å². The molecule has 4 heteroatoms. The van der Waals surface area contributed by atoms with Gasteiger partial charge < -0.3 is 20.3 Å². The maximum atomic E-state index is 9.79. The number of ether oxygens (including phenoxy) is 1. The summed E-state index contributed by atoms with van der Waals surface area (Å²) in [5, 5.41) is 22.5. The predicted octanol–water partition coefficient (Wildman–Crippen LogP) is 1.60. The second kappa shape index (κ2) is 8.95. The Kier molecular flexibility index (Phi) is 7.59. The lowest BCUT2D eigenvalue weighted by Crippen LogP contribution is -2.37. The summed E-state index contributed by atoms with van der Waals surface area (Å²) in [7, 11) is 0. The maximum Gasteiger partial charge on any atom is 0.119 e. The number of hydrogen-bond acceptors (Lipinski definition) is 4. The van der Waals surface area contributed by atoms with E-state index in [1.54, 1.807) is 0 Å². The monoisotopic (exact) mass is 281 g/mol. The van der Waals surface area contributed by atoms with E-state index in [9.17, 15) is 10.2 Å². The van der Waals surface area contributed by atoms with E-state index in [1.165, 1.54) is 5.56 Å². The summed E-state index contributed by atoms with van der Waals surface area (Å²) in [4.78, 5) is 0. The topological polar surface area (TPSA) is 61.7 Å². The largest absolute Gasteiger partial charge is 0.491 e. The minimum atomic E-state index is -0.583. The summed E-state index contributed by atoms with van der Waals surface area (Å²) in [6.45, 7) is 7.18. The second-order valence-corrected chi connectivity index (χ2v) is 5.43. The number of hydrogen-bond donors (Lipinski definition) is 3. The van der Waals surface area contributed by atoms with Crippen molar-refractivity contribution in [3.8, 4) is 5.75 Å². The number of aliphatic hydroxyl groups is 2. The highest BCUT2D eigenvalue weighted by atomic mass is 16.5. The van der Waals surface area contributed by atoms with Crippen molar-refractivity contribution < 1.29 is 14.9 Å². The van der Waals surface area contributed by atoms with Crippen LogP contribution < -0.4 is 10.1 Å². The normalized spacial score (nSPS) is 14.3. The van der Waals surface area contributed by atoms with Gasteiger partial charge in [-0.05, 0) is 30.0 Å². The summed E-state index contributed by atoms with van der Waals surface area (Å²) in [5.41, 5.74) is 1.27. The molecule has 0 fully saturated rings. The third kappa shape index (κ3) is 6.37. The van der Waals surface area contributed by atoms with Crippen molar-refractivity contribution in [2.75, 3.05) is 19.7 Å². The highest BCUT2D eigenvalue weighted by Crippen LogP contribution is 2.12. The van der Waals surface area contributed by atoms with E-state index in [1.807, 2.05) is 38.1 Å². The van der Waals surface area contributed by atoms with Gasteiger partial charge in [0.2, 0.25) is 0 Å². The molecule has 0 radical (unpaired) electrons. The zero-order valence-electron chi connectivity index (χ0n) is 12.7. The van der Waals surface area contributed by atoms with Crippen LogP contribution in [-0.2, 0) is 6.42 Å². The van der Waals surface area contributed by atoms with E-state index in [0.717, 1.165) is 12.2 Å². The van der Waals surface area contributed by atoms with Crippen LogP contribution in [0.5, 0.6) is 5.75 Å². The van der Waals surface area contributed by atoms with E-state index in [0.29, 0.717) is 13.1 Å². The Labute approximate surface area is 121 Å². The fourth-order valence-electron chi connectivity index (χ4n) is 1.71. The number of aryl methyl sites for hydroxylation is 1. The van der Waals surface area contributed by atoms with Gasteiger partial charge in [0.05, 0.1) is 6.10 Å². The minimum absolute atomic E-state index is 0.216. The zero-order chi connectivity index (χ0) is 15.0. The number of nitrogens with one attached hydrogen (secondary N) is 1. The molecule has 1 aromatic rings. The highest BCUT2D eigenvalue weighted by molar-refractivity contribution is 5.27. The Morgan fingerprint density at radius 3 is 2.30 bits per heavy atom. The van der Waals surface area contributed by atoms with Gasteiger partial charge in [-0.25, -0.2) is 0 Å². The first kappa shape index (κ1) is 17.0. The molecule has 0 heterocycles. The molecule has 0 saturated carbocycles. The van der Waals surface area contributed by atoms with Crippen molar-refractivity contribution >= 4 is 0 Å². The van der Waals surface area contributed by atoms with Crippen molar-refractivity contribution in [1.29, 1.82) is 0 Å². The van der Waals surface area contributed by atoms with Crippen molar-refractivity contribution in [1.82, 2.24) is 5.32 Å². The third-order valence-corrected chi connectivity index (χ3v) is 3.28. The van der Waals surface area contributed by atoms with E-state index in [-0.39, 0.29) is 18.6 Å². The molecule has 0 aliphatic carbocycles. The molecule has 2 unspecified atom stereocenters. The fraction of sp³-hybridized carbons (Fsp3) is 0.625. The average molecular weight is 281 g/mol. The molecule has 0 saturated heterocycles. The molecule has 114 valence electrons. The van der Waals surface area contributed by atoms with Crippen LogP contribution in [0.3, 0.4) is 0 Å². The smallest absolute Gasteiger partial charge is 0.119 e. The van der Waals surface area contributed by atoms with Crippen molar-refractivity contribution in [3.63, 3.8) is 0 Å². The van der Waals surface area contributed by atoms with Gasteiger partial charge in [0.1, 0.15) is 18.5 Å². The fourth-order valence-corrected chi connectivity index (χ4v) is 1.71. The molecular formula is C16H27NO3. The van der Waals surface area contributed by atoms with Gasteiger partial charge in [-0.15, -0.1) is 0 Å². The van der Waals surface area contributed by atoms with Crippen LogP contribution in [0, 0.1) is 5.92 Å². The van der Waals surface area contributed by atoms with Crippen LogP contribution in [0.4, 0.5) is 0 Å². The third-order valence-electron chi connectivity index (χ3n) is 3.28. The molecular weight excluding hydrogens is 254 g/mol. The van der Waals surface area contributed by atoms with E-state index < -0.39 is 6.10 Å². The summed E-state index contributed by atoms with van der Waals surface area (Å²) in [6, 6.07) is 7.89. The summed E-state index contributed by atoms with van der Waals surface area (Å²) < 4.78 is 5.52. The Morgan fingerprint density at radius 1 is 1.10 bits per heavy atom. The molecule has 0 aliphatic heterocycles.